The molecule has 12 heteroatoms. The van der Waals surface area contributed by atoms with Crippen molar-refractivity contribution >= 4 is 47.3 Å². The van der Waals surface area contributed by atoms with Crippen molar-refractivity contribution in [3.8, 4) is 5.88 Å². The number of carbonyl (C=O) groups excluding carboxylic acids is 3. The van der Waals surface area contributed by atoms with Crippen LogP contribution in [0.15, 0.2) is 36.5 Å². The van der Waals surface area contributed by atoms with Crippen molar-refractivity contribution in [3.63, 3.8) is 0 Å². The number of nitrogens with one attached hydrogen (secondary N) is 2. The zero-order chi connectivity index (χ0) is 27.2. The van der Waals surface area contributed by atoms with E-state index in [1.807, 2.05) is 36.1 Å². The number of pyridine rings is 1. The van der Waals surface area contributed by atoms with Crippen molar-refractivity contribution in [2.24, 2.45) is 0 Å². The second-order valence-corrected chi connectivity index (χ2v) is 8.90. The number of nitrogens with zero attached hydrogens (tertiary/aromatic N) is 3. The number of piperazine rings is 1. The lowest BCUT2D eigenvalue weighted by molar-refractivity contribution is -0.128. The van der Waals surface area contributed by atoms with Crippen LogP contribution in [-0.2, 0) is 20.9 Å². The Balaban J connectivity index is 0.00000112. The van der Waals surface area contributed by atoms with E-state index in [2.05, 4.69) is 32.2 Å². The molecule has 1 atom stereocenters. The molecule has 202 valence electrons. The lowest BCUT2D eigenvalue weighted by Crippen LogP contribution is -2.49. The van der Waals surface area contributed by atoms with Crippen LogP contribution in [0.5, 0.6) is 5.88 Å². The summed E-state index contributed by atoms with van der Waals surface area (Å²) in [7, 11) is 1.31. The molecule has 1 aromatic carbocycles. The Morgan fingerprint density at radius 3 is 2.46 bits per heavy atom. The Kier molecular flexibility index (Phi) is 13.0. The Hall–Kier alpha value is -3.08. The third-order valence-electron chi connectivity index (χ3n) is 5.54. The summed E-state index contributed by atoms with van der Waals surface area (Å²) in [4.78, 5) is 42.3. The van der Waals surface area contributed by atoms with Crippen molar-refractivity contribution < 1.29 is 23.9 Å². The van der Waals surface area contributed by atoms with Gasteiger partial charge in [0.05, 0.1) is 12.1 Å². The lowest BCUT2D eigenvalue weighted by atomic mass is 10.2. The van der Waals surface area contributed by atoms with E-state index >= 15 is 0 Å². The summed E-state index contributed by atoms with van der Waals surface area (Å²) >= 11 is 11.9. The molecule has 0 bridgehead atoms. The van der Waals surface area contributed by atoms with Crippen molar-refractivity contribution in [3.05, 3.63) is 52.1 Å². The molecule has 1 aliphatic heterocycles. The Morgan fingerprint density at radius 1 is 1.16 bits per heavy atom. The summed E-state index contributed by atoms with van der Waals surface area (Å²) in [5.74, 6) is -0.124. The van der Waals surface area contributed by atoms with Crippen LogP contribution in [0.3, 0.4) is 0 Å². The Labute approximate surface area is 227 Å². The van der Waals surface area contributed by atoms with E-state index in [-0.39, 0.29) is 22.8 Å². The first-order valence-electron chi connectivity index (χ1n) is 11.9. The predicted octanol–water partition coefficient (Wildman–Crippen LogP) is 3.82. The number of carbonyl (C=O) groups is 3. The summed E-state index contributed by atoms with van der Waals surface area (Å²) in [6.07, 6.45) is 1.10. The van der Waals surface area contributed by atoms with Gasteiger partial charge in [-0.15, -0.1) is 0 Å². The number of hydrogen-bond donors (Lipinski definition) is 2. The maximum absolute atomic E-state index is 12.6. The molecule has 0 aliphatic carbocycles. The number of hydrogen-bond acceptors (Lipinski definition) is 7. The van der Waals surface area contributed by atoms with Crippen LogP contribution in [0, 0.1) is 0 Å². The molecule has 2 aromatic rings. The van der Waals surface area contributed by atoms with Crippen LogP contribution in [0.25, 0.3) is 0 Å². The molecule has 1 saturated heterocycles. The van der Waals surface area contributed by atoms with Gasteiger partial charge in [0.2, 0.25) is 5.88 Å². The largest absolute Gasteiger partial charge is 0.471 e. The van der Waals surface area contributed by atoms with Gasteiger partial charge in [-0.2, -0.15) is 0 Å². The number of anilines is 1. The fraction of sp³-hybridized carbons (Fsp3) is 0.440. The maximum Gasteiger partial charge on any atom is 0.321 e. The molecular weight excluding hydrogens is 521 g/mol. The Morgan fingerprint density at radius 2 is 1.86 bits per heavy atom. The number of likely N-dealkylation sites (N-methyl/N-ethyl adjacent to an activating group) is 1. The van der Waals surface area contributed by atoms with Gasteiger partial charge in [0.25, 0.3) is 12.4 Å². The van der Waals surface area contributed by atoms with Gasteiger partial charge < -0.3 is 29.9 Å². The lowest BCUT2D eigenvalue weighted by Gasteiger charge is -2.34. The van der Waals surface area contributed by atoms with Crippen molar-refractivity contribution in [2.45, 2.75) is 32.9 Å². The minimum Gasteiger partial charge on any atom is -0.471 e. The molecule has 3 amide bonds. The SMILES string of the molecule is CCC(Oc1ncc(Cl)cc1Cl)C(=O)NCc1cccc(NC(=O)N2CCN(CC)CC2)c1.COC=O. The van der Waals surface area contributed by atoms with E-state index in [4.69, 9.17) is 32.7 Å². The molecule has 1 aliphatic rings. The van der Waals surface area contributed by atoms with Crippen LogP contribution in [0.2, 0.25) is 10.0 Å². The summed E-state index contributed by atoms with van der Waals surface area (Å²) in [6, 6.07) is 8.81. The summed E-state index contributed by atoms with van der Waals surface area (Å²) in [6.45, 7) is 8.81. The molecular formula is C25H33Cl2N5O5. The van der Waals surface area contributed by atoms with Crippen LogP contribution >= 0.6 is 23.2 Å². The van der Waals surface area contributed by atoms with Crippen molar-refractivity contribution in [1.29, 1.82) is 0 Å². The van der Waals surface area contributed by atoms with E-state index in [0.717, 1.165) is 25.2 Å². The number of methoxy groups -OCH3 is 1. The first-order chi connectivity index (χ1) is 17.8. The molecule has 2 heterocycles. The molecule has 2 N–H and O–H groups in total. The van der Waals surface area contributed by atoms with Crippen LogP contribution in [0.4, 0.5) is 10.5 Å². The van der Waals surface area contributed by atoms with Gasteiger partial charge in [0.15, 0.2) is 6.10 Å². The molecule has 1 unspecified atom stereocenters. The predicted molar refractivity (Wildman–Crippen MR) is 143 cm³/mol. The number of rotatable bonds is 9. The van der Waals surface area contributed by atoms with Crippen LogP contribution in [-0.4, -0.2) is 79.1 Å². The zero-order valence-electron chi connectivity index (χ0n) is 21.2. The van der Waals surface area contributed by atoms with Gasteiger partial charge in [-0.25, -0.2) is 9.78 Å². The van der Waals surface area contributed by atoms with E-state index in [0.29, 0.717) is 43.2 Å². The second-order valence-electron chi connectivity index (χ2n) is 8.06. The van der Waals surface area contributed by atoms with Crippen LogP contribution < -0.4 is 15.4 Å². The van der Waals surface area contributed by atoms with Crippen molar-refractivity contribution in [2.75, 3.05) is 45.2 Å². The highest BCUT2D eigenvalue weighted by atomic mass is 35.5. The molecule has 0 radical (unpaired) electrons. The molecule has 0 spiro atoms. The first-order valence-corrected chi connectivity index (χ1v) is 12.7. The Bertz CT molecular complexity index is 1030. The van der Waals surface area contributed by atoms with Gasteiger partial charge in [-0.1, -0.05) is 49.2 Å². The van der Waals surface area contributed by atoms with Crippen molar-refractivity contribution in [1.82, 2.24) is 20.1 Å². The quantitative estimate of drug-likeness (QED) is 0.453. The summed E-state index contributed by atoms with van der Waals surface area (Å²) in [5, 5.41) is 6.45. The number of benzene rings is 1. The number of ether oxygens (including phenoxy) is 2. The number of aromatic nitrogens is 1. The topological polar surface area (TPSA) is 113 Å². The van der Waals surface area contributed by atoms with E-state index < -0.39 is 6.10 Å². The highest BCUT2D eigenvalue weighted by Gasteiger charge is 2.21. The third kappa shape index (κ3) is 10.1. The average Bonchev–Trinajstić information content (AvgIpc) is 2.91. The van der Waals surface area contributed by atoms with Gasteiger partial charge >= 0.3 is 6.03 Å². The molecule has 0 saturated carbocycles. The molecule has 3 rings (SSSR count). The third-order valence-corrected chi connectivity index (χ3v) is 6.02. The highest BCUT2D eigenvalue weighted by Crippen LogP contribution is 2.26. The standard InChI is InChI=1S/C23H29Cl2N5O3.C2H4O2/c1-3-20(33-22-19(25)13-17(24)15-27-22)21(31)26-14-16-6-5-7-18(12-16)28-23(32)30-10-8-29(4-2)9-11-30;1-4-2-3/h5-7,12-13,15,20H,3-4,8-11,14H2,1-2H3,(H,26,31)(H,28,32);2H,1H3. The van der Waals surface area contributed by atoms with E-state index in [1.165, 1.54) is 19.4 Å². The minimum absolute atomic E-state index is 0.112. The first kappa shape index (κ1) is 30.1. The molecule has 1 aromatic heterocycles. The number of urea groups is 1. The fourth-order valence-electron chi connectivity index (χ4n) is 3.48. The minimum atomic E-state index is -0.749. The average molecular weight is 554 g/mol. The molecule has 10 nitrogen and oxygen atoms in total. The highest BCUT2D eigenvalue weighted by molar-refractivity contribution is 6.35. The number of halogens is 2. The number of amides is 3. The monoisotopic (exact) mass is 553 g/mol. The summed E-state index contributed by atoms with van der Waals surface area (Å²) < 4.78 is 9.54. The maximum atomic E-state index is 12.6. The zero-order valence-corrected chi connectivity index (χ0v) is 22.7. The summed E-state index contributed by atoms with van der Waals surface area (Å²) in [5.41, 5.74) is 1.54. The molecule has 1 fully saturated rings. The smallest absolute Gasteiger partial charge is 0.321 e. The van der Waals surface area contributed by atoms with Crippen LogP contribution in [0.1, 0.15) is 25.8 Å². The van der Waals surface area contributed by atoms with Gasteiger partial charge in [-0.3, -0.25) is 9.59 Å². The van der Waals surface area contributed by atoms with Gasteiger partial charge in [0, 0.05) is 44.6 Å². The van der Waals surface area contributed by atoms with Gasteiger partial charge in [0.1, 0.15) is 5.02 Å². The fourth-order valence-corrected chi connectivity index (χ4v) is 3.90. The van der Waals surface area contributed by atoms with E-state index in [9.17, 15) is 9.59 Å². The molecule has 37 heavy (non-hydrogen) atoms. The van der Waals surface area contributed by atoms with E-state index in [1.54, 1.807) is 0 Å². The normalized spacial score (nSPS) is 14.0. The van der Waals surface area contributed by atoms with Gasteiger partial charge in [-0.05, 0) is 36.7 Å². The second kappa shape index (κ2) is 15.9.